The van der Waals surface area contributed by atoms with Crippen LogP contribution in [0.15, 0.2) is 22.8 Å². The number of carbonyl (C=O) groups excluding carboxylic acids is 1. The van der Waals surface area contributed by atoms with E-state index >= 15 is 0 Å². The Morgan fingerprint density at radius 1 is 1.53 bits per heavy atom. The third kappa shape index (κ3) is 6.40. The van der Waals surface area contributed by atoms with Crippen LogP contribution in [0.2, 0.25) is 0 Å². The maximum absolute atomic E-state index is 11.8. The van der Waals surface area contributed by atoms with E-state index in [1.54, 1.807) is 13.4 Å². The Bertz CT molecular complexity index is 352. The number of nitrogens with one attached hydrogen (secondary N) is 1. The lowest BCUT2D eigenvalue weighted by molar-refractivity contribution is -0.123. The lowest BCUT2D eigenvalue weighted by Crippen LogP contribution is -2.44. The van der Waals surface area contributed by atoms with Crippen molar-refractivity contribution in [1.29, 1.82) is 0 Å². The Balaban J connectivity index is 2.19. The molecule has 108 valence electrons. The Hall–Kier alpha value is -1.33. The van der Waals surface area contributed by atoms with E-state index in [2.05, 4.69) is 5.32 Å². The second-order valence-electron chi connectivity index (χ2n) is 4.77. The Morgan fingerprint density at radius 3 is 2.95 bits per heavy atom. The summed E-state index contributed by atoms with van der Waals surface area (Å²) in [5.74, 6) is 0.841. The van der Waals surface area contributed by atoms with Gasteiger partial charge in [0.1, 0.15) is 5.76 Å². The minimum atomic E-state index is -0.457. The zero-order chi connectivity index (χ0) is 14.1. The van der Waals surface area contributed by atoms with E-state index in [4.69, 9.17) is 14.9 Å². The van der Waals surface area contributed by atoms with Crippen molar-refractivity contribution in [3.8, 4) is 0 Å². The van der Waals surface area contributed by atoms with Crippen molar-refractivity contribution in [2.45, 2.75) is 44.7 Å². The van der Waals surface area contributed by atoms with Crippen molar-refractivity contribution >= 4 is 5.91 Å². The van der Waals surface area contributed by atoms with Crippen LogP contribution in [0.5, 0.6) is 0 Å². The Kier molecular flexibility index (Phi) is 7.22. The maximum Gasteiger partial charge on any atom is 0.237 e. The van der Waals surface area contributed by atoms with E-state index in [-0.39, 0.29) is 11.9 Å². The summed E-state index contributed by atoms with van der Waals surface area (Å²) in [5.41, 5.74) is 5.81. The van der Waals surface area contributed by atoms with Gasteiger partial charge in [-0.1, -0.05) is 0 Å². The van der Waals surface area contributed by atoms with Gasteiger partial charge in [-0.15, -0.1) is 0 Å². The Labute approximate surface area is 114 Å². The molecule has 5 nitrogen and oxygen atoms in total. The van der Waals surface area contributed by atoms with E-state index < -0.39 is 6.04 Å². The molecule has 0 spiro atoms. The van der Waals surface area contributed by atoms with Crippen molar-refractivity contribution in [3.63, 3.8) is 0 Å². The summed E-state index contributed by atoms with van der Waals surface area (Å²) in [4.78, 5) is 11.8. The minimum Gasteiger partial charge on any atom is -0.469 e. The van der Waals surface area contributed by atoms with Crippen molar-refractivity contribution in [2.75, 3.05) is 13.7 Å². The van der Waals surface area contributed by atoms with Gasteiger partial charge in [0.25, 0.3) is 0 Å². The highest BCUT2D eigenvalue weighted by Crippen LogP contribution is 2.06. The van der Waals surface area contributed by atoms with E-state index in [0.717, 1.165) is 25.0 Å². The van der Waals surface area contributed by atoms with Gasteiger partial charge >= 0.3 is 0 Å². The summed E-state index contributed by atoms with van der Waals surface area (Å²) < 4.78 is 10.2. The molecule has 0 aliphatic rings. The summed E-state index contributed by atoms with van der Waals surface area (Å²) in [6, 6.07) is 3.43. The van der Waals surface area contributed by atoms with E-state index in [0.29, 0.717) is 13.0 Å². The fourth-order valence-corrected chi connectivity index (χ4v) is 1.81. The van der Waals surface area contributed by atoms with E-state index in [1.807, 2.05) is 19.1 Å². The van der Waals surface area contributed by atoms with E-state index in [1.165, 1.54) is 0 Å². The van der Waals surface area contributed by atoms with Gasteiger partial charge in [0, 0.05) is 26.2 Å². The number of nitrogens with two attached hydrogens (primary N) is 1. The molecule has 2 unspecified atom stereocenters. The molecule has 1 amide bonds. The summed E-state index contributed by atoms with van der Waals surface area (Å²) in [5, 5.41) is 2.92. The highest BCUT2D eigenvalue weighted by Gasteiger charge is 2.15. The van der Waals surface area contributed by atoms with Gasteiger partial charge in [0.05, 0.1) is 12.3 Å². The summed E-state index contributed by atoms with van der Waals surface area (Å²) in [7, 11) is 1.64. The molecule has 0 saturated heterocycles. The first-order valence-corrected chi connectivity index (χ1v) is 6.70. The molecule has 0 aliphatic carbocycles. The second-order valence-corrected chi connectivity index (χ2v) is 4.77. The molecule has 19 heavy (non-hydrogen) atoms. The van der Waals surface area contributed by atoms with Gasteiger partial charge in [-0.3, -0.25) is 4.79 Å². The van der Waals surface area contributed by atoms with Crippen LogP contribution < -0.4 is 11.1 Å². The average Bonchev–Trinajstić information content (AvgIpc) is 2.89. The standard InChI is InChI=1S/C14H24N2O3/c1-11(7-8-12-5-3-10-19-12)16-14(17)13(15)6-4-9-18-2/h3,5,10-11,13H,4,6-9,15H2,1-2H3,(H,16,17). The zero-order valence-corrected chi connectivity index (χ0v) is 11.7. The number of amides is 1. The minimum absolute atomic E-state index is 0.0890. The molecule has 0 aromatic carbocycles. The predicted molar refractivity (Wildman–Crippen MR) is 73.7 cm³/mol. The number of hydrogen-bond donors (Lipinski definition) is 2. The summed E-state index contributed by atoms with van der Waals surface area (Å²) >= 11 is 0. The highest BCUT2D eigenvalue weighted by atomic mass is 16.5. The average molecular weight is 268 g/mol. The predicted octanol–water partition coefficient (Wildman–Crippen LogP) is 1.47. The van der Waals surface area contributed by atoms with Gasteiger partial charge < -0.3 is 20.2 Å². The molecule has 5 heteroatoms. The molecule has 0 bridgehead atoms. The number of ether oxygens (including phenoxy) is 1. The van der Waals surface area contributed by atoms with E-state index in [9.17, 15) is 4.79 Å². The molecule has 0 aliphatic heterocycles. The van der Waals surface area contributed by atoms with Gasteiger partial charge in [-0.2, -0.15) is 0 Å². The van der Waals surface area contributed by atoms with Crippen LogP contribution in [-0.2, 0) is 16.0 Å². The SMILES string of the molecule is COCCCC(N)C(=O)NC(C)CCc1ccco1. The van der Waals surface area contributed by atoms with Crippen LogP contribution in [0.4, 0.5) is 0 Å². The first-order chi connectivity index (χ1) is 9.13. The molecule has 1 aromatic heterocycles. The quantitative estimate of drug-likeness (QED) is 0.665. The van der Waals surface area contributed by atoms with Crippen LogP contribution in [0, 0.1) is 0 Å². The fourth-order valence-electron chi connectivity index (χ4n) is 1.81. The maximum atomic E-state index is 11.8. The molecule has 0 fully saturated rings. The third-order valence-electron chi connectivity index (χ3n) is 2.99. The fraction of sp³-hybridized carbons (Fsp3) is 0.643. The molecule has 1 rings (SSSR count). The molecule has 1 aromatic rings. The lowest BCUT2D eigenvalue weighted by atomic mass is 10.1. The van der Waals surface area contributed by atoms with Gasteiger partial charge in [-0.25, -0.2) is 0 Å². The van der Waals surface area contributed by atoms with Gasteiger partial charge in [0.2, 0.25) is 5.91 Å². The van der Waals surface area contributed by atoms with Crippen molar-refractivity contribution < 1.29 is 13.9 Å². The molecular weight excluding hydrogens is 244 g/mol. The molecule has 1 heterocycles. The number of aryl methyl sites for hydroxylation is 1. The molecule has 3 N–H and O–H groups in total. The van der Waals surface area contributed by atoms with Crippen molar-refractivity contribution in [3.05, 3.63) is 24.2 Å². The van der Waals surface area contributed by atoms with Gasteiger partial charge in [-0.05, 0) is 38.3 Å². The Morgan fingerprint density at radius 2 is 2.32 bits per heavy atom. The first-order valence-electron chi connectivity index (χ1n) is 6.70. The third-order valence-corrected chi connectivity index (χ3v) is 2.99. The van der Waals surface area contributed by atoms with Crippen LogP contribution in [-0.4, -0.2) is 31.7 Å². The van der Waals surface area contributed by atoms with Crippen LogP contribution in [0.3, 0.4) is 0 Å². The summed E-state index contributed by atoms with van der Waals surface area (Å²) in [6.45, 7) is 2.61. The zero-order valence-electron chi connectivity index (χ0n) is 11.7. The van der Waals surface area contributed by atoms with Crippen LogP contribution >= 0.6 is 0 Å². The molecule has 2 atom stereocenters. The lowest BCUT2D eigenvalue weighted by Gasteiger charge is -2.17. The topological polar surface area (TPSA) is 77.5 Å². The second kappa shape index (κ2) is 8.72. The largest absolute Gasteiger partial charge is 0.469 e. The molecule has 0 radical (unpaired) electrons. The number of furan rings is 1. The van der Waals surface area contributed by atoms with Crippen molar-refractivity contribution in [2.24, 2.45) is 5.73 Å². The smallest absolute Gasteiger partial charge is 0.237 e. The van der Waals surface area contributed by atoms with Crippen molar-refractivity contribution in [1.82, 2.24) is 5.32 Å². The number of methoxy groups -OCH3 is 1. The van der Waals surface area contributed by atoms with Crippen LogP contribution in [0.1, 0.15) is 31.9 Å². The number of hydrogen-bond acceptors (Lipinski definition) is 4. The van der Waals surface area contributed by atoms with Gasteiger partial charge in [0.15, 0.2) is 0 Å². The summed E-state index contributed by atoms with van der Waals surface area (Å²) in [6.07, 6.45) is 4.75. The number of rotatable bonds is 9. The molecular formula is C14H24N2O3. The monoisotopic (exact) mass is 268 g/mol. The normalized spacial score (nSPS) is 14.1. The molecule has 0 saturated carbocycles. The van der Waals surface area contributed by atoms with Crippen LogP contribution in [0.25, 0.3) is 0 Å². The first kappa shape index (κ1) is 15.7. The number of carbonyl (C=O) groups is 1. The highest BCUT2D eigenvalue weighted by molar-refractivity contribution is 5.81.